The van der Waals surface area contributed by atoms with Crippen LogP contribution < -0.4 is 5.56 Å². The Labute approximate surface area is 196 Å². The molecular formula is C28H23NO5. The van der Waals surface area contributed by atoms with Gasteiger partial charge in [-0.25, -0.2) is 4.79 Å². The SMILES string of the molecule is O=C(c1cc(C(=O)OCc2ccccc2)c(=O)n(CCc2ccccc2)c1)c1ccccc1O. The summed E-state index contributed by atoms with van der Waals surface area (Å²) in [6.07, 6.45) is 1.96. The van der Waals surface area contributed by atoms with Crippen LogP contribution in [0.5, 0.6) is 5.75 Å². The van der Waals surface area contributed by atoms with Gasteiger partial charge < -0.3 is 14.4 Å². The van der Waals surface area contributed by atoms with Crippen LogP contribution in [-0.2, 0) is 24.3 Å². The van der Waals surface area contributed by atoms with Crippen molar-refractivity contribution < 1.29 is 19.4 Å². The van der Waals surface area contributed by atoms with E-state index in [9.17, 15) is 19.5 Å². The number of esters is 1. The van der Waals surface area contributed by atoms with E-state index < -0.39 is 17.3 Å². The molecule has 0 aliphatic heterocycles. The van der Waals surface area contributed by atoms with Crippen LogP contribution in [0.3, 0.4) is 0 Å². The molecule has 0 radical (unpaired) electrons. The fourth-order valence-electron chi connectivity index (χ4n) is 3.59. The number of benzene rings is 3. The maximum absolute atomic E-state index is 13.1. The fraction of sp³-hybridized carbons (Fsp3) is 0.107. The molecule has 34 heavy (non-hydrogen) atoms. The van der Waals surface area contributed by atoms with Gasteiger partial charge in [0, 0.05) is 18.3 Å². The molecule has 0 aliphatic carbocycles. The molecule has 4 rings (SSSR count). The molecule has 0 bridgehead atoms. The maximum atomic E-state index is 13.1. The van der Waals surface area contributed by atoms with E-state index in [1.54, 1.807) is 12.1 Å². The highest BCUT2D eigenvalue weighted by Crippen LogP contribution is 2.20. The number of rotatable bonds is 8. The lowest BCUT2D eigenvalue weighted by Crippen LogP contribution is -2.29. The van der Waals surface area contributed by atoms with Gasteiger partial charge in [-0.1, -0.05) is 72.8 Å². The minimum Gasteiger partial charge on any atom is -0.507 e. The third-order valence-corrected chi connectivity index (χ3v) is 5.41. The molecule has 6 nitrogen and oxygen atoms in total. The van der Waals surface area contributed by atoms with E-state index in [0.29, 0.717) is 6.42 Å². The lowest BCUT2D eigenvalue weighted by atomic mass is 10.0. The standard InChI is InChI=1S/C28H23NO5/c30-25-14-8-7-13-23(25)26(31)22-17-24(28(33)34-19-21-11-5-2-6-12-21)27(32)29(18-22)16-15-20-9-3-1-4-10-20/h1-14,17-18,30H,15-16,19H2. The number of aromatic hydroxyl groups is 1. The van der Waals surface area contributed by atoms with Crippen molar-refractivity contribution in [2.45, 2.75) is 19.6 Å². The quantitative estimate of drug-likeness (QED) is 0.316. The molecule has 1 heterocycles. The Hall–Kier alpha value is -4.45. The molecule has 170 valence electrons. The maximum Gasteiger partial charge on any atom is 0.344 e. The van der Waals surface area contributed by atoms with E-state index >= 15 is 0 Å². The Balaban J connectivity index is 1.67. The van der Waals surface area contributed by atoms with E-state index in [2.05, 4.69) is 0 Å². The van der Waals surface area contributed by atoms with Crippen LogP contribution in [-0.4, -0.2) is 21.4 Å². The zero-order valence-electron chi connectivity index (χ0n) is 18.4. The van der Waals surface area contributed by atoms with Crippen molar-refractivity contribution in [2.75, 3.05) is 0 Å². The van der Waals surface area contributed by atoms with E-state index in [1.807, 2.05) is 60.7 Å². The lowest BCUT2D eigenvalue weighted by Gasteiger charge is -2.12. The van der Waals surface area contributed by atoms with Gasteiger partial charge in [0.2, 0.25) is 0 Å². The number of carbonyl (C=O) groups excluding carboxylic acids is 2. The van der Waals surface area contributed by atoms with Crippen molar-refractivity contribution in [2.24, 2.45) is 0 Å². The number of para-hydroxylation sites is 1. The lowest BCUT2D eigenvalue weighted by molar-refractivity contribution is 0.0469. The van der Waals surface area contributed by atoms with Gasteiger partial charge in [0.15, 0.2) is 5.78 Å². The molecule has 0 amide bonds. The van der Waals surface area contributed by atoms with Gasteiger partial charge in [0.25, 0.3) is 5.56 Å². The number of aryl methyl sites for hydroxylation is 2. The third kappa shape index (κ3) is 5.30. The average Bonchev–Trinajstić information content (AvgIpc) is 2.88. The molecule has 0 atom stereocenters. The van der Waals surface area contributed by atoms with Crippen LogP contribution >= 0.6 is 0 Å². The Morgan fingerprint density at radius 1 is 0.794 bits per heavy atom. The topological polar surface area (TPSA) is 85.6 Å². The van der Waals surface area contributed by atoms with Crippen molar-refractivity contribution in [1.29, 1.82) is 0 Å². The zero-order chi connectivity index (χ0) is 23.9. The summed E-state index contributed by atoms with van der Waals surface area (Å²) in [6, 6.07) is 26.1. The minimum absolute atomic E-state index is 0.000770. The molecule has 0 unspecified atom stereocenters. The van der Waals surface area contributed by atoms with E-state index in [1.165, 1.54) is 29.0 Å². The predicted molar refractivity (Wildman–Crippen MR) is 128 cm³/mol. The second kappa shape index (κ2) is 10.4. The van der Waals surface area contributed by atoms with Gasteiger partial charge >= 0.3 is 5.97 Å². The summed E-state index contributed by atoms with van der Waals surface area (Å²) < 4.78 is 6.71. The van der Waals surface area contributed by atoms with Gasteiger partial charge in [-0.2, -0.15) is 0 Å². The third-order valence-electron chi connectivity index (χ3n) is 5.41. The largest absolute Gasteiger partial charge is 0.507 e. The van der Waals surface area contributed by atoms with Crippen molar-refractivity contribution in [3.63, 3.8) is 0 Å². The van der Waals surface area contributed by atoms with Gasteiger partial charge in [-0.3, -0.25) is 9.59 Å². The number of aromatic nitrogens is 1. The van der Waals surface area contributed by atoms with Crippen LogP contribution in [0.25, 0.3) is 0 Å². The fourth-order valence-corrected chi connectivity index (χ4v) is 3.59. The molecule has 3 aromatic carbocycles. The first-order valence-corrected chi connectivity index (χ1v) is 10.8. The summed E-state index contributed by atoms with van der Waals surface area (Å²) in [5.74, 6) is -1.49. The first-order chi connectivity index (χ1) is 16.5. The van der Waals surface area contributed by atoms with Gasteiger partial charge in [0.05, 0.1) is 5.56 Å². The molecule has 0 fully saturated rings. The number of hydrogen-bond donors (Lipinski definition) is 1. The molecule has 4 aromatic rings. The number of ether oxygens (including phenoxy) is 1. The summed E-state index contributed by atoms with van der Waals surface area (Å²) in [4.78, 5) is 39.1. The summed E-state index contributed by atoms with van der Waals surface area (Å²) in [6.45, 7) is 0.268. The second-order valence-electron chi connectivity index (χ2n) is 7.78. The van der Waals surface area contributed by atoms with Crippen molar-refractivity contribution in [3.8, 4) is 5.75 Å². The van der Waals surface area contributed by atoms with Crippen LogP contribution in [0, 0.1) is 0 Å². The van der Waals surface area contributed by atoms with Gasteiger partial charge in [0.1, 0.15) is 17.9 Å². The number of hydrogen-bond acceptors (Lipinski definition) is 5. The number of carbonyl (C=O) groups is 2. The molecular weight excluding hydrogens is 430 g/mol. The molecule has 0 saturated carbocycles. The molecule has 6 heteroatoms. The Morgan fingerprint density at radius 2 is 1.41 bits per heavy atom. The van der Waals surface area contributed by atoms with Gasteiger partial charge in [-0.05, 0) is 35.7 Å². The Bertz CT molecular complexity index is 1360. The number of phenolic OH excluding ortho intramolecular Hbond substituents is 1. The van der Waals surface area contributed by atoms with Crippen LogP contribution in [0.1, 0.15) is 37.4 Å². The number of pyridine rings is 1. The van der Waals surface area contributed by atoms with Crippen molar-refractivity contribution in [3.05, 3.63) is 135 Å². The second-order valence-corrected chi connectivity index (χ2v) is 7.78. The normalized spacial score (nSPS) is 10.6. The molecule has 0 saturated heterocycles. The van der Waals surface area contributed by atoms with Crippen LogP contribution in [0.15, 0.2) is 102 Å². The highest BCUT2D eigenvalue weighted by atomic mass is 16.5. The van der Waals surface area contributed by atoms with Gasteiger partial charge in [-0.15, -0.1) is 0 Å². The monoisotopic (exact) mass is 453 g/mol. The highest BCUT2D eigenvalue weighted by Gasteiger charge is 2.21. The number of phenols is 1. The predicted octanol–water partition coefficient (Wildman–Crippen LogP) is 4.38. The molecule has 0 aliphatic rings. The number of ketones is 1. The smallest absolute Gasteiger partial charge is 0.344 e. The molecule has 1 aromatic heterocycles. The van der Waals surface area contributed by atoms with Crippen LogP contribution in [0.4, 0.5) is 0 Å². The van der Waals surface area contributed by atoms with E-state index in [4.69, 9.17) is 4.74 Å². The average molecular weight is 453 g/mol. The minimum atomic E-state index is -0.811. The number of nitrogens with zero attached hydrogens (tertiary/aromatic N) is 1. The van der Waals surface area contributed by atoms with Crippen LogP contribution in [0.2, 0.25) is 0 Å². The first-order valence-electron chi connectivity index (χ1n) is 10.8. The molecule has 1 N–H and O–H groups in total. The van der Waals surface area contributed by atoms with Crippen molar-refractivity contribution in [1.82, 2.24) is 4.57 Å². The first kappa shape index (κ1) is 22.7. The highest BCUT2D eigenvalue weighted by molar-refractivity contribution is 6.11. The summed E-state index contributed by atoms with van der Waals surface area (Å²) in [7, 11) is 0. The van der Waals surface area contributed by atoms with E-state index in [0.717, 1.165) is 11.1 Å². The Kier molecular flexibility index (Phi) is 6.98. The summed E-state index contributed by atoms with van der Waals surface area (Å²) in [5.41, 5.74) is 1.22. The molecule has 0 spiro atoms. The Morgan fingerprint density at radius 3 is 2.09 bits per heavy atom. The zero-order valence-corrected chi connectivity index (χ0v) is 18.4. The van der Waals surface area contributed by atoms with Crippen molar-refractivity contribution >= 4 is 11.8 Å². The summed E-state index contributed by atoms with van der Waals surface area (Å²) in [5, 5.41) is 10.1. The summed E-state index contributed by atoms with van der Waals surface area (Å²) >= 11 is 0. The van der Waals surface area contributed by atoms with E-state index in [-0.39, 0.29) is 35.6 Å².